The van der Waals surface area contributed by atoms with Crippen LogP contribution in [0.3, 0.4) is 0 Å². The Kier molecular flexibility index (Phi) is 7.62. The number of hydrogen-bond donors (Lipinski definition) is 1. The molecule has 0 amide bonds. The van der Waals surface area contributed by atoms with Crippen LogP contribution in [0.2, 0.25) is 0 Å². The molecule has 174 valence electrons. The minimum absolute atomic E-state index is 0.142. The maximum atomic E-state index is 12.8. The first-order chi connectivity index (χ1) is 15.6. The molecular weight excluding hydrogens is 428 g/mol. The van der Waals surface area contributed by atoms with Gasteiger partial charge in [-0.2, -0.15) is 4.31 Å². The van der Waals surface area contributed by atoms with Crippen molar-refractivity contribution in [3.05, 3.63) is 48.2 Å². The SMILES string of the molecule is COc1ccc(C(CNc2ccc(S(=O)(=O)N3CCCCC3)cn2)N2CCOCC2)cc1. The number of rotatable bonds is 8. The normalized spacial score (nSPS) is 19.4. The standard InChI is InChI=1S/C23H32N4O4S/c1-30-20-7-5-19(6-8-20)22(26-13-15-31-16-14-26)18-25-23-10-9-21(17-24-23)32(28,29)27-11-3-2-4-12-27/h5-10,17,22H,2-4,11-16,18H2,1H3,(H,24,25). The third-order valence-electron chi connectivity index (χ3n) is 6.15. The smallest absolute Gasteiger partial charge is 0.244 e. The highest BCUT2D eigenvalue weighted by Crippen LogP contribution is 2.25. The first kappa shape index (κ1) is 23.0. The zero-order valence-corrected chi connectivity index (χ0v) is 19.4. The number of piperidine rings is 1. The molecule has 32 heavy (non-hydrogen) atoms. The van der Waals surface area contributed by atoms with E-state index in [2.05, 4.69) is 27.3 Å². The summed E-state index contributed by atoms with van der Waals surface area (Å²) >= 11 is 0. The molecule has 1 unspecified atom stereocenters. The molecule has 0 radical (unpaired) electrons. The van der Waals surface area contributed by atoms with Gasteiger partial charge in [0, 0.05) is 38.9 Å². The largest absolute Gasteiger partial charge is 0.497 e. The van der Waals surface area contributed by atoms with Gasteiger partial charge in [-0.15, -0.1) is 0 Å². The Morgan fingerprint density at radius 2 is 1.75 bits per heavy atom. The molecule has 0 spiro atoms. The third-order valence-corrected chi connectivity index (χ3v) is 8.03. The van der Waals surface area contributed by atoms with E-state index < -0.39 is 10.0 Å². The summed E-state index contributed by atoms with van der Waals surface area (Å²) in [5, 5.41) is 3.39. The molecular formula is C23H32N4O4S. The molecule has 1 aromatic heterocycles. The monoisotopic (exact) mass is 460 g/mol. The molecule has 2 saturated heterocycles. The number of hydrogen-bond acceptors (Lipinski definition) is 7. The van der Waals surface area contributed by atoms with Crippen molar-refractivity contribution in [1.29, 1.82) is 0 Å². The van der Waals surface area contributed by atoms with E-state index in [1.807, 2.05) is 12.1 Å². The molecule has 0 aliphatic carbocycles. The highest BCUT2D eigenvalue weighted by Gasteiger charge is 2.26. The average Bonchev–Trinajstić information content (AvgIpc) is 2.86. The fourth-order valence-corrected chi connectivity index (χ4v) is 5.73. The fourth-order valence-electron chi connectivity index (χ4n) is 4.27. The topological polar surface area (TPSA) is 84.0 Å². The quantitative estimate of drug-likeness (QED) is 0.648. The predicted octanol–water partition coefficient (Wildman–Crippen LogP) is 2.75. The van der Waals surface area contributed by atoms with E-state index in [1.165, 1.54) is 11.8 Å². The summed E-state index contributed by atoms with van der Waals surface area (Å²) in [6.45, 7) is 4.98. The van der Waals surface area contributed by atoms with E-state index in [0.29, 0.717) is 38.7 Å². The summed E-state index contributed by atoms with van der Waals surface area (Å²) in [6.07, 6.45) is 4.39. The van der Waals surface area contributed by atoms with Crippen LogP contribution in [0.25, 0.3) is 0 Å². The lowest BCUT2D eigenvalue weighted by atomic mass is 10.0. The number of nitrogens with zero attached hydrogens (tertiary/aromatic N) is 3. The second-order valence-corrected chi connectivity index (χ2v) is 10.1. The Bertz CT molecular complexity index is 954. The molecule has 3 heterocycles. The van der Waals surface area contributed by atoms with Crippen LogP contribution >= 0.6 is 0 Å². The first-order valence-corrected chi connectivity index (χ1v) is 12.7. The molecule has 8 nitrogen and oxygen atoms in total. The van der Waals surface area contributed by atoms with Crippen molar-refractivity contribution in [3.63, 3.8) is 0 Å². The number of sulfonamides is 1. The highest BCUT2D eigenvalue weighted by atomic mass is 32.2. The minimum atomic E-state index is -3.47. The number of nitrogens with one attached hydrogen (secondary N) is 1. The predicted molar refractivity (Wildman–Crippen MR) is 123 cm³/mol. The summed E-state index contributed by atoms with van der Waals surface area (Å²) in [6, 6.07) is 11.7. The zero-order chi connectivity index (χ0) is 22.4. The van der Waals surface area contributed by atoms with Gasteiger partial charge in [0.1, 0.15) is 16.5 Å². The first-order valence-electron chi connectivity index (χ1n) is 11.2. The number of benzene rings is 1. The summed E-state index contributed by atoms with van der Waals surface area (Å²) in [7, 11) is -1.80. The lowest BCUT2D eigenvalue weighted by Gasteiger charge is -2.35. The molecule has 9 heteroatoms. The van der Waals surface area contributed by atoms with Crippen molar-refractivity contribution in [3.8, 4) is 5.75 Å². The minimum Gasteiger partial charge on any atom is -0.497 e. The van der Waals surface area contributed by atoms with Crippen molar-refractivity contribution >= 4 is 15.8 Å². The van der Waals surface area contributed by atoms with Gasteiger partial charge in [0.05, 0.1) is 26.4 Å². The van der Waals surface area contributed by atoms with Crippen LogP contribution in [0.15, 0.2) is 47.5 Å². The molecule has 0 saturated carbocycles. The zero-order valence-electron chi connectivity index (χ0n) is 18.6. The van der Waals surface area contributed by atoms with Crippen LogP contribution in [0, 0.1) is 0 Å². The third kappa shape index (κ3) is 5.40. The molecule has 1 aromatic carbocycles. The average molecular weight is 461 g/mol. The molecule has 1 N–H and O–H groups in total. The van der Waals surface area contributed by atoms with Crippen molar-refractivity contribution < 1.29 is 17.9 Å². The number of anilines is 1. The van der Waals surface area contributed by atoms with Gasteiger partial charge in [0.2, 0.25) is 10.0 Å². The van der Waals surface area contributed by atoms with E-state index in [-0.39, 0.29) is 10.9 Å². The van der Waals surface area contributed by atoms with Gasteiger partial charge in [-0.25, -0.2) is 13.4 Å². The van der Waals surface area contributed by atoms with Crippen molar-refractivity contribution in [2.45, 2.75) is 30.2 Å². The van der Waals surface area contributed by atoms with Gasteiger partial charge in [0.25, 0.3) is 0 Å². The molecule has 0 bridgehead atoms. The van der Waals surface area contributed by atoms with E-state index >= 15 is 0 Å². The van der Waals surface area contributed by atoms with Gasteiger partial charge < -0.3 is 14.8 Å². The number of methoxy groups -OCH3 is 1. The van der Waals surface area contributed by atoms with Crippen molar-refractivity contribution in [2.75, 3.05) is 58.4 Å². The van der Waals surface area contributed by atoms with E-state index in [0.717, 1.165) is 38.1 Å². The number of ether oxygens (including phenoxy) is 2. The van der Waals surface area contributed by atoms with Crippen LogP contribution in [-0.2, 0) is 14.8 Å². The van der Waals surface area contributed by atoms with Crippen molar-refractivity contribution in [2.24, 2.45) is 0 Å². The molecule has 2 fully saturated rings. The Hall–Kier alpha value is -2.20. The van der Waals surface area contributed by atoms with E-state index in [9.17, 15) is 8.42 Å². The molecule has 1 atom stereocenters. The fraction of sp³-hybridized carbons (Fsp3) is 0.522. The maximum absolute atomic E-state index is 12.8. The Morgan fingerprint density at radius 3 is 2.38 bits per heavy atom. The van der Waals surface area contributed by atoms with Gasteiger partial charge in [-0.3, -0.25) is 4.90 Å². The number of morpholine rings is 1. The Balaban J connectivity index is 1.45. The Labute approximate surface area is 190 Å². The number of aromatic nitrogens is 1. The van der Waals surface area contributed by atoms with Crippen LogP contribution in [0.4, 0.5) is 5.82 Å². The van der Waals surface area contributed by atoms with Crippen LogP contribution in [0.5, 0.6) is 5.75 Å². The van der Waals surface area contributed by atoms with Gasteiger partial charge in [0.15, 0.2) is 0 Å². The lowest BCUT2D eigenvalue weighted by molar-refractivity contribution is 0.0187. The van der Waals surface area contributed by atoms with E-state index in [1.54, 1.807) is 23.5 Å². The van der Waals surface area contributed by atoms with Crippen LogP contribution in [-0.4, -0.2) is 75.7 Å². The maximum Gasteiger partial charge on any atom is 0.244 e. The highest BCUT2D eigenvalue weighted by molar-refractivity contribution is 7.89. The molecule has 4 rings (SSSR count). The Morgan fingerprint density at radius 1 is 1.03 bits per heavy atom. The van der Waals surface area contributed by atoms with Crippen LogP contribution in [0.1, 0.15) is 30.9 Å². The van der Waals surface area contributed by atoms with Crippen molar-refractivity contribution in [1.82, 2.24) is 14.2 Å². The van der Waals surface area contributed by atoms with Gasteiger partial charge >= 0.3 is 0 Å². The summed E-state index contributed by atoms with van der Waals surface area (Å²) < 4.78 is 38.1. The van der Waals surface area contributed by atoms with E-state index in [4.69, 9.17) is 9.47 Å². The molecule has 2 aliphatic rings. The van der Waals surface area contributed by atoms with Gasteiger partial charge in [-0.1, -0.05) is 18.6 Å². The second kappa shape index (κ2) is 10.6. The summed E-state index contributed by atoms with van der Waals surface area (Å²) in [5.41, 5.74) is 1.18. The second-order valence-electron chi connectivity index (χ2n) is 8.16. The molecule has 2 aromatic rings. The van der Waals surface area contributed by atoms with Gasteiger partial charge in [-0.05, 0) is 42.7 Å². The summed E-state index contributed by atoms with van der Waals surface area (Å²) in [5.74, 6) is 1.49. The lowest BCUT2D eigenvalue weighted by Crippen LogP contribution is -2.41. The van der Waals surface area contributed by atoms with Crippen LogP contribution < -0.4 is 10.1 Å². The molecule has 2 aliphatic heterocycles. The number of pyridine rings is 1. The summed E-state index contributed by atoms with van der Waals surface area (Å²) in [4.78, 5) is 7.05.